The fourth-order valence-electron chi connectivity index (χ4n) is 3.24. The lowest BCUT2D eigenvalue weighted by Crippen LogP contribution is -2.05. The number of hydrogen-bond donors (Lipinski definition) is 0. The molecule has 134 valence electrons. The molecule has 5 nitrogen and oxygen atoms in total. The molecular formula is C22H18N2O3. The molecule has 0 amide bonds. The highest BCUT2D eigenvalue weighted by atomic mass is 16.5. The van der Waals surface area contributed by atoms with Crippen molar-refractivity contribution in [3.8, 4) is 16.9 Å². The molecule has 0 saturated heterocycles. The van der Waals surface area contributed by atoms with E-state index in [0.717, 1.165) is 39.4 Å². The Morgan fingerprint density at radius 3 is 2.63 bits per heavy atom. The number of carbonyl (C=O) groups is 1. The highest BCUT2D eigenvalue weighted by Crippen LogP contribution is 2.30. The van der Waals surface area contributed by atoms with Crippen LogP contribution in [0.4, 0.5) is 0 Å². The van der Waals surface area contributed by atoms with Crippen LogP contribution in [0.2, 0.25) is 0 Å². The van der Waals surface area contributed by atoms with Gasteiger partial charge in [-0.25, -0.2) is 4.79 Å². The van der Waals surface area contributed by atoms with E-state index in [2.05, 4.69) is 16.0 Å². The molecule has 0 aliphatic carbocycles. The van der Waals surface area contributed by atoms with Crippen LogP contribution in [0.25, 0.3) is 11.1 Å². The Bertz CT molecular complexity index is 1060. The van der Waals surface area contributed by atoms with Crippen LogP contribution in [-0.4, -0.2) is 30.9 Å². The van der Waals surface area contributed by atoms with Crippen molar-refractivity contribution in [2.75, 3.05) is 14.2 Å². The van der Waals surface area contributed by atoms with Gasteiger partial charge in [0, 0.05) is 22.9 Å². The minimum atomic E-state index is -0.359. The molecule has 2 aromatic carbocycles. The van der Waals surface area contributed by atoms with E-state index in [1.807, 2.05) is 48.7 Å². The quantitative estimate of drug-likeness (QED) is 0.664. The van der Waals surface area contributed by atoms with E-state index >= 15 is 0 Å². The van der Waals surface area contributed by atoms with Crippen molar-refractivity contribution in [2.45, 2.75) is 6.54 Å². The first kappa shape index (κ1) is 17.0. The van der Waals surface area contributed by atoms with Gasteiger partial charge in [0.25, 0.3) is 0 Å². The van der Waals surface area contributed by atoms with Crippen molar-refractivity contribution in [1.29, 1.82) is 0 Å². The first-order valence-corrected chi connectivity index (χ1v) is 8.57. The lowest BCUT2D eigenvalue weighted by atomic mass is 9.98. The van der Waals surface area contributed by atoms with Crippen LogP contribution in [-0.2, 0) is 11.3 Å². The van der Waals surface area contributed by atoms with Gasteiger partial charge in [0.1, 0.15) is 5.75 Å². The molecule has 0 N–H and O–H groups in total. The fraction of sp³-hybridized carbons (Fsp3) is 0.136. The summed E-state index contributed by atoms with van der Waals surface area (Å²) in [7, 11) is 3.03. The highest BCUT2D eigenvalue weighted by Gasteiger charge is 2.22. The van der Waals surface area contributed by atoms with Crippen LogP contribution in [0.5, 0.6) is 5.75 Å². The van der Waals surface area contributed by atoms with Crippen LogP contribution in [0, 0.1) is 0 Å². The molecule has 1 aliphatic heterocycles. The molecule has 3 aromatic rings. The second-order valence-electron chi connectivity index (χ2n) is 6.16. The van der Waals surface area contributed by atoms with E-state index < -0.39 is 0 Å². The summed E-state index contributed by atoms with van der Waals surface area (Å²) in [6.45, 7) is 0.547. The predicted octanol–water partition coefficient (Wildman–Crippen LogP) is 3.89. The van der Waals surface area contributed by atoms with E-state index in [-0.39, 0.29) is 5.97 Å². The van der Waals surface area contributed by atoms with Gasteiger partial charge in [-0.15, -0.1) is 0 Å². The Kier molecular flexibility index (Phi) is 4.42. The van der Waals surface area contributed by atoms with E-state index in [4.69, 9.17) is 9.47 Å². The summed E-state index contributed by atoms with van der Waals surface area (Å²) in [6.07, 6.45) is 1.82. The molecule has 2 heterocycles. The Morgan fingerprint density at radius 1 is 0.963 bits per heavy atom. The van der Waals surface area contributed by atoms with Gasteiger partial charge in [-0.2, -0.15) is 0 Å². The minimum Gasteiger partial charge on any atom is -0.496 e. The monoisotopic (exact) mass is 358 g/mol. The van der Waals surface area contributed by atoms with Crippen LogP contribution in [0.15, 0.2) is 65.8 Å². The van der Waals surface area contributed by atoms with Crippen LogP contribution in [0.3, 0.4) is 0 Å². The third kappa shape index (κ3) is 3.08. The van der Waals surface area contributed by atoms with E-state index in [9.17, 15) is 4.79 Å². The standard InChI is InChI=1S/C22H18N2O3/c1-26-20-9-4-3-8-17(20)21-18-11-16(12-23-19(18)13-24-21)14-6-5-7-15(10-14)22(25)27-2/h3-12H,13H2,1-2H3. The summed E-state index contributed by atoms with van der Waals surface area (Å²) in [5.41, 5.74) is 6.07. The normalized spacial score (nSPS) is 12.3. The van der Waals surface area contributed by atoms with Crippen molar-refractivity contribution >= 4 is 11.7 Å². The lowest BCUT2D eigenvalue weighted by molar-refractivity contribution is 0.0601. The van der Waals surface area contributed by atoms with Crippen LogP contribution < -0.4 is 4.74 Å². The SMILES string of the molecule is COC(=O)c1cccc(-c2cnc3c(c2)C(c2ccccc2OC)=NC3)c1. The summed E-state index contributed by atoms with van der Waals surface area (Å²) in [5.74, 6) is 0.421. The van der Waals surface area contributed by atoms with Gasteiger partial charge in [-0.3, -0.25) is 9.98 Å². The number of carbonyl (C=O) groups excluding carboxylic acids is 1. The predicted molar refractivity (Wildman–Crippen MR) is 103 cm³/mol. The largest absolute Gasteiger partial charge is 0.496 e. The fourth-order valence-corrected chi connectivity index (χ4v) is 3.24. The number of rotatable bonds is 4. The third-order valence-corrected chi connectivity index (χ3v) is 4.59. The number of aromatic nitrogens is 1. The number of esters is 1. The van der Waals surface area contributed by atoms with E-state index in [0.29, 0.717) is 12.1 Å². The maximum absolute atomic E-state index is 11.8. The number of aliphatic imine (C=N–C) groups is 1. The molecule has 1 aliphatic rings. The van der Waals surface area contributed by atoms with Gasteiger partial charge >= 0.3 is 5.97 Å². The molecule has 0 saturated carbocycles. The molecule has 5 heteroatoms. The first-order chi connectivity index (χ1) is 13.2. The number of para-hydroxylation sites is 1. The lowest BCUT2D eigenvalue weighted by Gasteiger charge is -2.11. The topological polar surface area (TPSA) is 60.8 Å². The van der Waals surface area contributed by atoms with Crippen molar-refractivity contribution in [2.24, 2.45) is 4.99 Å². The Balaban J connectivity index is 1.77. The van der Waals surface area contributed by atoms with Gasteiger partial charge in [0.05, 0.1) is 37.7 Å². The highest BCUT2D eigenvalue weighted by molar-refractivity contribution is 6.16. The van der Waals surface area contributed by atoms with Crippen molar-refractivity contribution < 1.29 is 14.3 Å². The molecule has 0 atom stereocenters. The van der Waals surface area contributed by atoms with Crippen molar-refractivity contribution in [3.05, 3.63) is 83.2 Å². The maximum Gasteiger partial charge on any atom is 0.337 e. The number of fused-ring (bicyclic) bond motifs is 1. The van der Waals surface area contributed by atoms with E-state index in [1.54, 1.807) is 13.2 Å². The number of hydrogen-bond acceptors (Lipinski definition) is 5. The first-order valence-electron chi connectivity index (χ1n) is 8.57. The molecule has 0 bridgehead atoms. The van der Waals surface area contributed by atoms with Gasteiger partial charge in [-0.05, 0) is 35.9 Å². The number of ether oxygens (including phenoxy) is 2. The van der Waals surface area contributed by atoms with Gasteiger partial charge < -0.3 is 9.47 Å². The number of benzene rings is 2. The summed E-state index contributed by atoms with van der Waals surface area (Å²) in [6, 6.07) is 17.2. The van der Waals surface area contributed by atoms with Gasteiger partial charge in [0.2, 0.25) is 0 Å². The number of pyridine rings is 1. The Labute approximate surface area is 157 Å². The molecule has 27 heavy (non-hydrogen) atoms. The molecule has 4 rings (SSSR count). The van der Waals surface area contributed by atoms with Gasteiger partial charge in [0.15, 0.2) is 0 Å². The summed E-state index contributed by atoms with van der Waals surface area (Å²) in [5, 5.41) is 0. The smallest absolute Gasteiger partial charge is 0.337 e. The minimum absolute atomic E-state index is 0.359. The summed E-state index contributed by atoms with van der Waals surface area (Å²) >= 11 is 0. The number of methoxy groups -OCH3 is 2. The van der Waals surface area contributed by atoms with Crippen molar-refractivity contribution in [1.82, 2.24) is 4.98 Å². The molecule has 0 unspecified atom stereocenters. The Morgan fingerprint density at radius 2 is 1.81 bits per heavy atom. The molecule has 1 aromatic heterocycles. The second kappa shape index (κ2) is 7.03. The zero-order valence-corrected chi connectivity index (χ0v) is 15.1. The summed E-state index contributed by atoms with van der Waals surface area (Å²) in [4.78, 5) is 21.1. The summed E-state index contributed by atoms with van der Waals surface area (Å²) < 4.78 is 10.3. The van der Waals surface area contributed by atoms with Crippen molar-refractivity contribution in [3.63, 3.8) is 0 Å². The van der Waals surface area contributed by atoms with Crippen LogP contribution in [0.1, 0.15) is 27.2 Å². The molecule has 0 radical (unpaired) electrons. The zero-order valence-electron chi connectivity index (χ0n) is 15.1. The number of nitrogens with zero attached hydrogens (tertiary/aromatic N) is 2. The average Bonchev–Trinajstić information content (AvgIpc) is 3.16. The third-order valence-electron chi connectivity index (χ3n) is 4.59. The molecular weight excluding hydrogens is 340 g/mol. The average molecular weight is 358 g/mol. The van der Waals surface area contributed by atoms with Crippen LogP contribution >= 0.6 is 0 Å². The van der Waals surface area contributed by atoms with E-state index in [1.165, 1.54) is 7.11 Å². The Hall–Kier alpha value is -3.47. The molecule has 0 fully saturated rings. The van der Waals surface area contributed by atoms with Gasteiger partial charge in [-0.1, -0.05) is 24.3 Å². The maximum atomic E-state index is 11.8. The zero-order chi connectivity index (χ0) is 18.8. The molecule has 0 spiro atoms. The second-order valence-corrected chi connectivity index (χ2v) is 6.16.